The molecule has 0 aliphatic carbocycles. The first-order valence-corrected chi connectivity index (χ1v) is 11.1. The second-order valence-electron chi connectivity index (χ2n) is 7.86. The van der Waals surface area contributed by atoms with Gasteiger partial charge in [-0.25, -0.2) is 4.98 Å². The minimum absolute atomic E-state index is 0.235. The molecule has 0 unspecified atom stereocenters. The van der Waals surface area contributed by atoms with Crippen LogP contribution in [0.5, 0.6) is 11.5 Å². The molecule has 4 rings (SSSR count). The van der Waals surface area contributed by atoms with Crippen LogP contribution in [0.2, 0.25) is 0 Å². The topological polar surface area (TPSA) is 102 Å². The van der Waals surface area contributed by atoms with Crippen LogP contribution in [0.25, 0.3) is 22.8 Å². The van der Waals surface area contributed by atoms with Crippen LogP contribution in [0.3, 0.4) is 0 Å². The van der Waals surface area contributed by atoms with Crippen molar-refractivity contribution in [3.05, 3.63) is 77.0 Å². The Morgan fingerprint density at radius 3 is 2.74 bits per heavy atom. The molecule has 8 nitrogen and oxygen atoms in total. The SMILES string of the molecule is CCOc1ccc(/C=C/C(=O)Nc2c(C#N)cnn2-c2cc(C)c3cccc(C)c3n2)cc1OC. The van der Waals surface area contributed by atoms with E-state index in [9.17, 15) is 10.1 Å². The monoisotopic (exact) mass is 467 g/mol. The fraction of sp³-hybridized carbons (Fsp3) is 0.185. The molecule has 0 aliphatic heterocycles. The van der Waals surface area contributed by atoms with Crippen molar-refractivity contribution in [1.82, 2.24) is 14.8 Å². The van der Waals surface area contributed by atoms with Gasteiger partial charge in [-0.1, -0.05) is 24.3 Å². The smallest absolute Gasteiger partial charge is 0.249 e. The van der Waals surface area contributed by atoms with E-state index in [2.05, 4.69) is 16.5 Å². The van der Waals surface area contributed by atoms with Gasteiger partial charge >= 0.3 is 0 Å². The maximum absolute atomic E-state index is 12.8. The molecule has 2 aromatic heterocycles. The van der Waals surface area contributed by atoms with Crippen molar-refractivity contribution >= 4 is 28.7 Å². The number of aromatic nitrogens is 3. The largest absolute Gasteiger partial charge is 0.493 e. The number of methoxy groups -OCH3 is 1. The maximum Gasteiger partial charge on any atom is 0.249 e. The molecule has 176 valence electrons. The summed E-state index contributed by atoms with van der Waals surface area (Å²) in [6.07, 6.45) is 4.45. The Kier molecular flexibility index (Phi) is 6.78. The van der Waals surface area contributed by atoms with Crippen LogP contribution < -0.4 is 14.8 Å². The number of nitriles is 1. The summed E-state index contributed by atoms with van der Waals surface area (Å²) in [4.78, 5) is 17.5. The summed E-state index contributed by atoms with van der Waals surface area (Å²) in [5, 5.41) is 17.7. The minimum atomic E-state index is -0.412. The van der Waals surface area contributed by atoms with Gasteiger partial charge in [-0.2, -0.15) is 15.0 Å². The van der Waals surface area contributed by atoms with Gasteiger partial charge in [-0.15, -0.1) is 0 Å². The Hall–Kier alpha value is -4.64. The van der Waals surface area contributed by atoms with Gasteiger partial charge in [0.05, 0.1) is 25.4 Å². The minimum Gasteiger partial charge on any atom is -0.493 e. The molecule has 8 heteroatoms. The zero-order valence-electron chi connectivity index (χ0n) is 20.0. The number of anilines is 1. The molecule has 4 aromatic rings. The van der Waals surface area contributed by atoms with Gasteiger partial charge in [-0.05, 0) is 61.7 Å². The summed E-state index contributed by atoms with van der Waals surface area (Å²) in [6.45, 7) is 6.40. The number of pyridine rings is 1. The Morgan fingerprint density at radius 1 is 1.17 bits per heavy atom. The van der Waals surface area contributed by atoms with E-state index in [1.54, 1.807) is 25.3 Å². The molecule has 0 spiro atoms. The van der Waals surface area contributed by atoms with Crippen LogP contribution in [-0.4, -0.2) is 34.4 Å². The quantitative estimate of drug-likeness (QED) is 0.385. The van der Waals surface area contributed by atoms with E-state index in [4.69, 9.17) is 14.5 Å². The summed E-state index contributed by atoms with van der Waals surface area (Å²) in [5.74, 6) is 1.57. The Labute approximate surface area is 203 Å². The zero-order chi connectivity index (χ0) is 24.9. The van der Waals surface area contributed by atoms with Crippen LogP contribution in [0.1, 0.15) is 29.2 Å². The number of aryl methyl sites for hydroxylation is 2. The Morgan fingerprint density at radius 2 is 2.00 bits per heavy atom. The van der Waals surface area contributed by atoms with Crippen LogP contribution >= 0.6 is 0 Å². The molecule has 0 atom stereocenters. The van der Waals surface area contributed by atoms with Gasteiger partial charge in [0.1, 0.15) is 11.6 Å². The molecule has 1 amide bonds. The zero-order valence-corrected chi connectivity index (χ0v) is 20.0. The van der Waals surface area contributed by atoms with Crippen molar-refractivity contribution in [2.45, 2.75) is 20.8 Å². The number of carbonyl (C=O) groups is 1. The normalized spacial score (nSPS) is 10.9. The Balaban J connectivity index is 1.63. The highest BCUT2D eigenvalue weighted by Crippen LogP contribution is 2.29. The average molecular weight is 468 g/mol. The third-order valence-electron chi connectivity index (χ3n) is 5.50. The number of hydrogen-bond donors (Lipinski definition) is 1. The van der Waals surface area contributed by atoms with Gasteiger partial charge in [0.25, 0.3) is 0 Å². The number of para-hydroxylation sites is 1. The predicted molar refractivity (Wildman–Crippen MR) is 135 cm³/mol. The first kappa shape index (κ1) is 23.5. The van der Waals surface area contributed by atoms with Crippen molar-refractivity contribution in [1.29, 1.82) is 5.26 Å². The first-order valence-electron chi connectivity index (χ1n) is 11.1. The highest BCUT2D eigenvalue weighted by atomic mass is 16.5. The number of amides is 1. The molecule has 0 fully saturated rings. The summed E-state index contributed by atoms with van der Waals surface area (Å²) < 4.78 is 12.4. The van der Waals surface area contributed by atoms with Crippen LogP contribution in [-0.2, 0) is 4.79 Å². The van der Waals surface area contributed by atoms with E-state index in [1.807, 2.05) is 51.1 Å². The summed E-state index contributed by atoms with van der Waals surface area (Å²) >= 11 is 0. The number of hydrogen-bond acceptors (Lipinski definition) is 6. The van der Waals surface area contributed by atoms with Gasteiger partial charge in [0.2, 0.25) is 5.91 Å². The first-order chi connectivity index (χ1) is 16.9. The second kappa shape index (κ2) is 10.1. The van der Waals surface area contributed by atoms with Crippen LogP contribution in [0.4, 0.5) is 5.82 Å². The van der Waals surface area contributed by atoms with Gasteiger partial charge in [-0.3, -0.25) is 4.79 Å². The van der Waals surface area contributed by atoms with E-state index in [0.717, 1.165) is 27.6 Å². The van der Waals surface area contributed by atoms with Crippen molar-refractivity contribution < 1.29 is 14.3 Å². The fourth-order valence-corrected chi connectivity index (χ4v) is 3.77. The molecule has 2 aromatic carbocycles. The number of rotatable bonds is 7. The molecular formula is C27H25N5O3. The van der Waals surface area contributed by atoms with Crippen molar-refractivity contribution in [3.63, 3.8) is 0 Å². The molecule has 35 heavy (non-hydrogen) atoms. The lowest BCUT2D eigenvalue weighted by Gasteiger charge is -2.11. The molecular weight excluding hydrogens is 442 g/mol. The standard InChI is InChI=1S/C27H25N5O3/c1-5-35-22-11-9-19(14-23(22)34-4)10-12-25(33)31-27-20(15-28)16-29-32(27)24-13-18(3)21-8-6-7-17(2)26(21)30-24/h6-14,16H,5H2,1-4H3,(H,31,33)/b12-10+. The summed E-state index contributed by atoms with van der Waals surface area (Å²) in [6, 6.07) is 15.4. The number of fused-ring (bicyclic) bond motifs is 1. The van der Waals surface area contributed by atoms with Crippen LogP contribution in [0.15, 0.2) is 54.7 Å². The van der Waals surface area contributed by atoms with E-state index in [0.29, 0.717) is 23.9 Å². The Bertz CT molecular complexity index is 1480. The average Bonchev–Trinajstić information content (AvgIpc) is 3.26. The van der Waals surface area contributed by atoms with E-state index < -0.39 is 5.91 Å². The molecule has 0 saturated heterocycles. The van der Waals surface area contributed by atoms with Crippen molar-refractivity contribution in [3.8, 4) is 23.4 Å². The lowest BCUT2D eigenvalue weighted by Crippen LogP contribution is -2.14. The molecule has 0 bridgehead atoms. The van der Waals surface area contributed by atoms with E-state index in [1.165, 1.54) is 17.0 Å². The number of benzene rings is 2. The third kappa shape index (κ3) is 4.84. The van der Waals surface area contributed by atoms with Gasteiger partial charge < -0.3 is 14.8 Å². The van der Waals surface area contributed by atoms with E-state index in [-0.39, 0.29) is 11.4 Å². The molecule has 0 saturated carbocycles. The highest BCUT2D eigenvalue weighted by Gasteiger charge is 2.16. The predicted octanol–water partition coefficient (Wildman–Crippen LogP) is 4.97. The second-order valence-corrected chi connectivity index (χ2v) is 7.86. The van der Waals surface area contributed by atoms with Crippen LogP contribution in [0, 0.1) is 25.2 Å². The maximum atomic E-state index is 12.8. The number of carbonyl (C=O) groups excluding carboxylic acids is 1. The lowest BCUT2D eigenvalue weighted by atomic mass is 10.1. The van der Waals surface area contributed by atoms with Gasteiger partial charge in [0.15, 0.2) is 23.1 Å². The lowest BCUT2D eigenvalue weighted by molar-refractivity contribution is -0.111. The number of nitrogens with zero attached hydrogens (tertiary/aromatic N) is 4. The van der Waals surface area contributed by atoms with Gasteiger partial charge in [0, 0.05) is 11.5 Å². The number of ether oxygens (including phenoxy) is 2. The molecule has 0 aliphatic rings. The molecule has 0 radical (unpaired) electrons. The van der Waals surface area contributed by atoms with Crippen molar-refractivity contribution in [2.24, 2.45) is 0 Å². The summed E-state index contributed by atoms with van der Waals surface area (Å²) in [5.41, 5.74) is 3.89. The van der Waals surface area contributed by atoms with Crippen molar-refractivity contribution in [2.75, 3.05) is 19.0 Å². The summed E-state index contributed by atoms with van der Waals surface area (Å²) in [7, 11) is 1.56. The third-order valence-corrected chi connectivity index (χ3v) is 5.50. The van der Waals surface area contributed by atoms with E-state index >= 15 is 0 Å². The molecule has 2 heterocycles. The fourth-order valence-electron chi connectivity index (χ4n) is 3.77. The number of nitrogens with one attached hydrogen (secondary N) is 1. The molecule has 1 N–H and O–H groups in total. The highest BCUT2D eigenvalue weighted by molar-refractivity contribution is 6.02.